The number of nitrogens with zero attached hydrogens (tertiary/aromatic N) is 2. The van der Waals surface area contributed by atoms with Gasteiger partial charge in [-0.05, 0) is 24.3 Å². The van der Waals surface area contributed by atoms with Crippen LogP contribution in [0.25, 0.3) is 0 Å². The number of aliphatic carboxylic acids is 1. The first-order valence-electron chi connectivity index (χ1n) is 5.01. The first kappa shape index (κ1) is 11.9. The predicted octanol–water partition coefficient (Wildman–Crippen LogP) is 2.11. The maximum atomic E-state index is 12.8. The molecule has 17 heavy (non-hydrogen) atoms. The highest BCUT2D eigenvalue weighted by Gasteiger charge is 2.17. The van der Waals surface area contributed by atoms with E-state index in [1.165, 1.54) is 24.3 Å². The Kier molecular flexibility index (Phi) is 3.65. The number of carboxylic acids is 1. The van der Waals surface area contributed by atoms with E-state index in [-0.39, 0.29) is 12.4 Å². The molecule has 0 bridgehead atoms. The lowest BCUT2D eigenvalue weighted by molar-refractivity contribution is -0.137. The summed E-state index contributed by atoms with van der Waals surface area (Å²) in [5.41, 5.74) is 0.808. The van der Waals surface area contributed by atoms with Crippen LogP contribution in [0.5, 0.6) is 0 Å². The fourth-order valence-corrected chi connectivity index (χ4v) is 2.34. The van der Waals surface area contributed by atoms with E-state index in [2.05, 4.69) is 0 Å². The third-order valence-electron chi connectivity index (χ3n) is 2.15. The molecule has 0 amide bonds. The van der Waals surface area contributed by atoms with Crippen LogP contribution in [0.3, 0.4) is 0 Å². The van der Waals surface area contributed by atoms with Crippen molar-refractivity contribution in [3.63, 3.8) is 0 Å². The van der Waals surface area contributed by atoms with Crippen LogP contribution in [-0.4, -0.2) is 28.5 Å². The van der Waals surface area contributed by atoms with Gasteiger partial charge in [0.1, 0.15) is 12.4 Å². The van der Waals surface area contributed by atoms with Crippen molar-refractivity contribution in [1.82, 2.24) is 4.31 Å². The molecule has 1 N–H and O–H groups in total. The summed E-state index contributed by atoms with van der Waals surface area (Å²) in [5, 5.41) is 8.71. The van der Waals surface area contributed by atoms with Crippen molar-refractivity contribution in [2.45, 2.75) is 0 Å². The van der Waals surface area contributed by atoms with Crippen molar-refractivity contribution < 1.29 is 14.3 Å². The highest BCUT2D eigenvalue weighted by molar-refractivity contribution is 7.98. The molecule has 0 radical (unpaired) electrons. The van der Waals surface area contributed by atoms with E-state index in [0.717, 1.165) is 5.69 Å². The smallest absolute Gasteiger partial charge is 0.318 e. The number of hydrogen-bond acceptors (Lipinski definition) is 4. The minimum absolute atomic E-state index is 0.0350. The Morgan fingerprint density at radius 3 is 2.76 bits per heavy atom. The number of benzene rings is 1. The third kappa shape index (κ3) is 3.21. The molecule has 4 nitrogen and oxygen atoms in total. The van der Waals surface area contributed by atoms with Gasteiger partial charge in [-0.15, -0.1) is 0 Å². The fraction of sp³-hybridized carbons (Fsp3) is 0.182. The molecule has 1 aliphatic heterocycles. The van der Waals surface area contributed by atoms with Crippen LogP contribution >= 0.6 is 12.1 Å². The Balaban J connectivity index is 2.07. The second-order valence-corrected chi connectivity index (χ2v) is 4.56. The van der Waals surface area contributed by atoms with Gasteiger partial charge in [0.25, 0.3) is 0 Å². The van der Waals surface area contributed by atoms with E-state index in [0.29, 0.717) is 6.54 Å². The van der Waals surface area contributed by atoms with Gasteiger partial charge in [0.2, 0.25) is 0 Å². The van der Waals surface area contributed by atoms with Crippen LogP contribution in [0, 0.1) is 5.82 Å². The standard InChI is InChI=1S/C11H11FN2O2S/c12-9-2-4-10(5-3-9)14-7-1-6-13(17-14)8-11(15)16/h1-5,7H,6,8H2,(H,15,16). The molecule has 0 spiro atoms. The van der Waals surface area contributed by atoms with Gasteiger partial charge in [0.15, 0.2) is 0 Å². The minimum Gasteiger partial charge on any atom is -0.480 e. The fourth-order valence-electron chi connectivity index (χ4n) is 1.41. The molecule has 1 aliphatic rings. The Bertz CT molecular complexity index is 436. The van der Waals surface area contributed by atoms with E-state index >= 15 is 0 Å². The molecule has 0 atom stereocenters. The molecule has 0 aliphatic carbocycles. The van der Waals surface area contributed by atoms with Gasteiger partial charge < -0.3 is 5.11 Å². The lowest BCUT2D eigenvalue weighted by atomic mass is 10.3. The molecule has 0 fully saturated rings. The quantitative estimate of drug-likeness (QED) is 0.837. The predicted molar refractivity (Wildman–Crippen MR) is 64.8 cm³/mol. The summed E-state index contributed by atoms with van der Waals surface area (Å²) in [6.45, 7) is 0.543. The van der Waals surface area contributed by atoms with Crippen LogP contribution in [0.15, 0.2) is 36.5 Å². The largest absolute Gasteiger partial charge is 0.480 e. The normalized spacial score (nSPS) is 16.2. The number of rotatable bonds is 3. The molecule has 1 heterocycles. The van der Waals surface area contributed by atoms with Crippen molar-refractivity contribution in [2.24, 2.45) is 0 Å². The van der Waals surface area contributed by atoms with E-state index in [9.17, 15) is 9.18 Å². The Labute approximate surface area is 103 Å². The summed E-state index contributed by atoms with van der Waals surface area (Å²) >= 11 is 1.30. The molecule has 6 heteroatoms. The van der Waals surface area contributed by atoms with Gasteiger partial charge in [0.05, 0.1) is 5.69 Å². The molecule has 0 saturated heterocycles. The molecule has 0 saturated carbocycles. The maximum absolute atomic E-state index is 12.8. The highest BCUT2D eigenvalue weighted by Crippen LogP contribution is 2.28. The summed E-state index contributed by atoms with van der Waals surface area (Å²) in [6.07, 6.45) is 3.71. The van der Waals surface area contributed by atoms with Gasteiger partial charge in [-0.1, -0.05) is 6.08 Å². The van der Waals surface area contributed by atoms with Crippen molar-refractivity contribution in [1.29, 1.82) is 0 Å². The SMILES string of the molecule is O=C(O)CN1CC=CN(c2ccc(F)cc2)S1. The summed E-state index contributed by atoms with van der Waals surface area (Å²) in [6, 6.07) is 6.05. The summed E-state index contributed by atoms with van der Waals surface area (Å²) in [7, 11) is 0. The van der Waals surface area contributed by atoms with Crippen LogP contribution in [-0.2, 0) is 4.79 Å². The van der Waals surface area contributed by atoms with Crippen LogP contribution in [0.1, 0.15) is 0 Å². The van der Waals surface area contributed by atoms with Crippen molar-refractivity contribution in [3.8, 4) is 0 Å². The zero-order valence-electron chi connectivity index (χ0n) is 8.91. The van der Waals surface area contributed by atoms with Crippen molar-refractivity contribution in [2.75, 3.05) is 17.4 Å². The summed E-state index contributed by atoms with van der Waals surface area (Å²) in [4.78, 5) is 10.6. The lowest BCUT2D eigenvalue weighted by Gasteiger charge is -2.29. The Hall–Kier alpha value is -1.53. The van der Waals surface area contributed by atoms with Gasteiger partial charge >= 0.3 is 5.97 Å². The number of anilines is 1. The lowest BCUT2D eigenvalue weighted by Crippen LogP contribution is -2.30. The van der Waals surface area contributed by atoms with Gasteiger partial charge in [-0.25, -0.2) is 8.70 Å². The molecular formula is C11H11FN2O2S. The molecule has 90 valence electrons. The summed E-state index contributed by atoms with van der Waals surface area (Å²) < 4.78 is 16.3. The maximum Gasteiger partial charge on any atom is 0.318 e. The molecule has 1 aromatic carbocycles. The first-order valence-corrected chi connectivity index (χ1v) is 5.74. The van der Waals surface area contributed by atoms with Crippen molar-refractivity contribution >= 4 is 23.8 Å². The Morgan fingerprint density at radius 1 is 1.41 bits per heavy atom. The minimum atomic E-state index is -0.869. The van der Waals surface area contributed by atoms with E-state index in [1.807, 2.05) is 12.3 Å². The van der Waals surface area contributed by atoms with Gasteiger partial charge in [0, 0.05) is 24.9 Å². The topological polar surface area (TPSA) is 43.8 Å². The number of carboxylic acid groups (broad SMARTS) is 1. The van der Waals surface area contributed by atoms with E-state index in [4.69, 9.17) is 5.11 Å². The monoisotopic (exact) mass is 254 g/mol. The zero-order chi connectivity index (χ0) is 12.3. The van der Waals surface area contributed by atoms with Gasteiger partial charge in [-0.3, -0.25) is 9.10 Å². The zero-order valence-corrected chi connectivity index (χ0v) is 9.73. The Morgan fingerprint density at radius 2 is 2.12 bits per heavy atom. The van der Waals surface area contributed by atoms with E-state index < -0.39 is 5.97 Å². The second-order valence-electron chi connectivity index (χ2n) is 3.48. The van der Waals surface area contributed by atoms with Crippen LogP contribution in [0.4, 0.5) is 10.1 Å². The van der Waals surface area contributed by atoms with Crippen LogP contribution < -0.4 is 4.31 Å². The third-order valence-corrected chi connectivity index (χ3v) is 3.16. The summed E-state index contributed by atoms with van der Waals surface area (Å²) in [5.74, 6) is -1.16. The second kappa shape index (κ2) is 5.20. The average molecular weight is 254 g/mol. The number of hydrogen-bond donors (Lipinski definition) is 1. The average Bonchev–Trinajstić information content (AvgIpc) is 2.29. The van der Waals surface area contributed by atoms with Crippen molar-refractivity contribution in [3.05, 3.63) is 42.4 Å². The van der Waals surface area contributed by atoms with Crippen LogP contribution in [0.2, 0.25) is 0 Å². The number of carbonyl (C=O) groups is 1. The molecule has 2 rings (SSSR count). The molecular weight excluding hydrogens is 243 g/mol. The number of halogens is 1. The first-order chi connectivity index (χ1) is 8.15. The van der Waals surface area contributed by atoms with E-state index in [1.54, 1.807) is 20.7 Å². The molecule has 1 aromatic rings. The van der Waals surface area contributed by atoms with Gasteiger partial charge in [-0.2, -0.15) is 0 Å². The highest BCUT2D eigenvalue weighted by atomic mass is 32.2. The molecule has 0 aromatic heterocycles. The molecule has 0 unspecified atom stereocenters.